The van der Waals surface area contributed by atoms with Gasteiger partial charge in [0.25, 0.3) is 0 Å². The third-order valence-corrected chi connectivity index (χ3v) is 3.57. The summed E-state index contributed by atoms with van der Waals surface area (Å²) in [6.45, 7) is 8.71. The van der Waals surface area contributed by atoms with Crippen molar-refractivity contribution >= 4 is 23.6 Å². The molecule has 156 valence electrons. The van der Waals surface area contributed by atoms with Crippen molar-refractivity contribution in [2.45, 2.75) is 46.1 Å². The number of nitrogens with zero attached hydrogens (tertiary/aromatic N) is 1. The van der Waals surface area contributed by atoms with Crippen LogP contribution in [0, 0.1) is 0 Å². The summed E-state index contributed by atoms with van der Waals surface area (Å²) in [5, 5.41) is 11.6. The largest absolute Gasteiger partial charge is 0.444 e. The number of carbonyl (C=O) groups excluding carboxylic acids is 2. The van der Waals surface area contributed by atoms with E-state index < -0.39 is 11.7 Å². The van der Waals surface area contributed by atoms with Crippen molar-refractivity contribution in [2.75, 3.05) is 32.0 Å². The number of benzene rings is 1. The molecule has 1 rings (SSSR count). The highest BCUT2D eigenvalue weighted by Crippen LogP contribution is 2.10. The van der Waals surface area contributed by atoms with Gasteiger partial charge in [-0.15, -0.1) is 0 Å². The quantitative estimate of drug-likeness (QED) is 0.309. The molecule has 0 unspecified atom stereocenters. The van der Waals surface area contributed by atoms with Crippen molar-refractivity contribution in [1.82, 2.24) is 16.0 Å². The summed E-state index contributed by atoms with van der Waals surface area (Å²) < 4.78 is 5.16. The Balaban J connectivity index is 2.24. The molecule has 1 aromatic carbocycles. The van der Waals surface area contributed by atoms with Crippen molar-refractivity contribution < 1.29 is 14.3 Å². The minimum Gasteiger partial charge on any atom is -0.444 e. The molecular weight excluding hydrogens is 358 g/mol. The molecule has 0 fully saturated rings. The third kappa shape index (κ3) is 10.4. The van der Waals surface area contributed by atoms with E-state index in [4.69, 9.17) is 4.74 Å². The number of amides is 2. The lowest BCUT2D eigenvalue weighted by atomic mass is 10.1. The molecule has 0 saturated heterocycles. The van der Waals surface area contributed by atoms with Gasteiger partial charge in [-0.1, -0.05) is 19.1 Å². The number of rotatable bonds is 8. The summed E-state index contributed by atoms with van der Waals surface area (Å²) in [6.07, 6.45) is 1.18. The van der Waals surface area contributed by atoms with Crippen LogP contribution in [0.2, 0.25) is 0 Å². The first kappa shape index (κ1) is 23.3. The van der Waals surface area contributed by atoms with Gasteiger partial charge in [0, 0.05) is 25.8 Å². The fraction of sp³-hybridized carbons (Fsp3) is 0.550. The second-order valence-corrected chi connectivity index (χ2v) is 7.24. The molecule has 0 aliphatic rings. The Bertz CT molecular complexity index is 668. The van der Waals surface area contributed by atoms with Crippen molar-refractivity contribution in [3.05, 3.63) is 29.8 Å². The lowest BCUT2D eigenvalue weighted by Gasteiger charge is -2.19. The molecule has 4 N–H and O–H groups in total. The molecule has 0 aliphatic carbocycles. The molecule has 2 amide bonds. The molecule has 0 radical (unpaired) electrons. The van der Waals surface area contributed by atoms with Gasteiger partial charge in [-0.2, -0.15) is 0 Å². The van der Waals surface area contributed by atoms with Gasteiger partial charge in [-0.25, -0.2) is 4.79 Å². The lowest BCUT2D eigenvalue weighted by Crippen LogP contribution is -2.42. The number of guanidine groups is 1. The van der Waals surface area contributed by atoms with Crippen LogP contribution in [0.4, 0.5) is 10.5 Å². The van der Waals surface area contributed by atoms with Gasteiger partial charge in [-0.05, 0) is 51.3 Å². The first-order valence-electron chi connectivity index (χ1n) is 9.53. The highest BCUT2D eigenvalue weighted by atomic mass is 16.6. The van der Waals surface area contributed by atoms with E-state index in [1.807, 2.05) is 45.0 Å². The van der Waals surface area contributed by atoms with Gasteiger partial charge in [0.05, 0.1) is 6.54 Å². The summed E-state index contributed by atoms with van der Waals surface area (Å²) in [5.74, 6) is 0.373. The SMILES string of the molecule is CCc1cccc(NC(=O)CNC(=NC)NCCCNC(=O)OC(C)(C)C)c1. The number of hydrogen-bond donors (Lipinski definition) is 4. The third-order valence-electron chi connectivity index (χ3n) is 3.57. The predicted molar refractivity (Wildman–Crippen MR) is 113 cm³/mol. The van der Waals surface area contributed by atoms with Crippen LogP contribution in [0.1, 0.15) is 39.7 Å². The zero-order valence-electron chi connectivity index (χ0n) is 17.5. The average Bonchev–Trinajstić information content (AvgIpc) is 2.62. The number of nitrogens with one attached hydrogen (secondary N) is 4. The molecule has 28 heavy (non-hydrogen) atoms. The minimum atomic E-state index is -0.507. The zero-order chi connectivity index (χ0) is 21.0. The van der Waals surface area contributed by atoms with Crippen LogP contribution < -0.4 is 21.3 Å². The average molecular weight is 392 g/mol. The van der Waals surface area contributed by atoms with Crippen molar-refractivity contribution in [3.63, 3.8) is 0 Å². The maximum Gasteiger partial charge on any atom is 0.407 e. The van der Waals surface area contributed by atoms with Gasteiger partial charge in [0.2, 0.25) is 5.91 Å². The highest BCUT2D eigenvalue weighted by molar-refractivity contribution is 5.95. The summed E-state index contributed by atoms with van der Waals surface area (Å²) >= 11 is 0. The summed E-state index contributed by atoms with van der Waals surface area (Å²) in [6, 6.07) is 7.77. The van der Waals surface area contributed by atoms with Crippen molar-refractivity contribution in [2.24, 2.45) is 4.99 Å². The summed E-state index contributed by atoms with van der Waals surface area (Å²) in [7, 11) is 1.64. The van der Waals surface area contributed by atoms with Crippen LogP contribution in [0.5, 0.6) is 0 Å². The Labute approximate surface area is 167 Å². The van der Waals surface area contributed by atoms with E-state index >= 15 is 0 Å². The van der Waals surface area contributed by atoms with E-state index in [1.54, 1.807) is 7.05 Å². The monoisotopic (exact) mass is 391 g/mol. The fourth-order valence-electron chi connectivity index (χ4n) is 2.26. The minimum absolute atomic E-state index is 0.103. The maximum atomic E-state index is 12.1. The number of ether oxygens (including phenoxy) is 1. The Kier molecular flexibility index (Phi) is 9.84. The standard InChI is InChI=1S/C20H33N5O3/c1-6-15-9-7-10-16(13-15)25-17(26)14-24-18(21-5)22-11-8-12-23-19(27)28-20(2,3)4/h7,9-10,13H,6,8,11-12,14H2,1-5H3,(H,23,27)(H,25,26)(H2,21,22,24). The van der Waals surface area contributed by atoms with E-state index in [9.17, 15) is 9.59 Å². The Morgan fingerprint density at radius 3 is 2.46 bits per heavy atom. The van der Waals surface area contributed by atoms with E-state index in [-0.39, 0.29) is 12.5 Å². The molecule has 1 aromatic rings. The van der Waals surface area contributed by atoms with E-state index in [2.05, 4.69) is 33.2 Å². The number of alkyl carbamates (subject to hydrolysis) is 1. The Morgan fingerprint density at radius 2 is 1.82 bits per heavy atom. The normalized spacial score (nSPS) is 11.5. The lowest BCUT2D eigenvalue weighted by molar-refractivity contribution is -0.115. The molecule has 0 saturated carbocycles. The van der Waals surface area contributed by atoms with Gasteiger partial charge in [-0.3, -0.25) is 9.79 Å². The first-order chi connectivity index (χ1) is 13.2. The summed E-state index contributed by atoms with van der Waals surface area (Å²) in [4.78, 5) is 27.7. The topological polar surface area (TPSA) is 104 Å². The molecule has 0 aliphatic heterocycles. The fourth-order valence-corrected chi connectivity index (χ4v) is 2.26. The van der Waals surface area contributed by atoms with E-state index in [1.165, 1.54) is 5.56 Å². The van der Waals surface area contributed by atoms with Crippen LogP contribution >= 0.6 is 0 Å². The molecule has 0 bridgehead atoms. The van der Waals surface area contributed by atoms with E-state index in [0.717, 1.165) is 12.1 Å². The zero-order valence-corrected chi connectivity index (χ0v) is 17.5. The molecular formula is C20H33N5O3. The highest BCUT2D eigenvalue weighted by Gasteiger charge is 2.15. The first-order valence-corrected chi connectivity index (χ1v) is 9.53. The van der Waals surface area contributed by atoms with Crippen LogP contribution in [-0.4, -0.2) is 50.2 Å². The van der Waals surface area contributed by atoms with Gasteiger partial charge < -0.3 is 26.0 Å². The number of aryl methyl sites for hydroxylation is 1. The second-order valence-electron chi connectivity index (χ2n) is 7.24. The smallest absolute Gasteiger partial charge is 0.407 e. The predicted octanol–water partition coefficient (Wildman–Crippen LogP) is 2.27. The van der Waals surface area contributed by atoms with Gasteiger partial charge >= 0.3 is 6.09 Å². The molecule has 0 atom stereocenters. The molecule has 8 heteroatoms. The second kappa shape index (κ2) is 11.8. The molecule has 0 heterocycles. The molecule has 8 nitrogen and oxygen atoms in total. The molecule has 0 spiro atoms. The molecule has 0 aromatic heterocycles. The van der Waals surface area contributed by atoms with Crippen LogP contribution in [-0.2, 0) is 16.0 Å². The van der Waals surface area contributed by atoms with Gasteiger partial charge in [0.15, 0.2) is 5.96 Å². The van der Waals surface area contributed by atoms with Crippen LogP contribution in [0.15, 0.2) is 29.3 Å². The number of carbonyl (C=O) groups is 2. The number of hydrogen-bond acceptors (Lipinski definition) is 4. The van der Waals surface area contributed by atoms with E-state index in [0.29, 0.717) is 25.5 Å². The summed E-state index contributed by atoms with van der Waals surface area (Å²) in [5.41, 5.74) is 1.44. The van der Waals surface area contributed by atoms with Crippen molar-refractivity contribution in [3.8, 4) is 0 Å². The Hall–Kier alpha value is -2.77. The number of aliphatic imine (C=N–C) groups is 1. The van der Waals surface area contributed by atoms with Crippen LogP contribution in [0.3, 0.4) is 0 Å². The van der Waals surface area contributed by atoms with Crippen molar-refractivity contribution in [1.29, 1.82) is 0 Å². The van der Waals surface area contributed by atoms with Crippen LogP contribution in [0.25, 0.3) is 0 Å². The van der Waals surface area contributed by atoms with Gasteiger partial charge in [0.1, 0.15) is 5.60 Å². The number of anilines is 1. The maximum absolute atomic E-state index is 12.1. The Morgan fingerprint density at radius 1 is 1.11 bits per heavy atom.